The number of rotatable bonds is 6. The van der Waals surface area contributed by atoms with E-state index in [1.807, 2.05) is 0 Å². The van der Waals surface area contributed by atoms with Gasteiger partial charge in [-0.3, -0.25) is 20.2 Å². The number of esters is 1. The maximum absolute atomic E-state index is 12.2. The fraction of sp³-hybridized carbons (Fsp3) is 0.500. The van der Waals surface area contributed by atoms with Gasteiger partial charge in [0.25, 0.3) is 5.91 Å². The van der Waals surface area contributed by atoms with Crippen LogP contribution < -0.4 is 15.4 Å². The van der Waals surface area contributed by atoms with Crippen molar-refractivity contribution in [3.05, 3.63) is 33.9 Å². The highest BCUT2D eigenvalue weighted by atomic mass is 16.6. The first-order valence-corrected chi connectivity index (χ1v) is 8.96. The molecule has 1 saturated carbocycles. The van der Waals surface area contributed by atoms with Crippen molar-refractivity contribution in [1.82, 2.24) is 10.6 Å². The minimum Gasteiger partial charge on any atom is -0.474 e. The van der Waals surface area contributed by atoms with Gasteiger partial charge in [0.15, 0.2) is 11.9 Å². The van der Waals surface area contributed by atoms with Crippen LogP contribution in [-0.4, -0.2) is 42.1 Å². The lowest BCUT2D eigenvalue weighted by molar-refractivity contribution is -0.386. The number of nitrogens with one attached hydrogen (secondary N) is 2. The number of methoxy groups -OCH3 is 1. The summed E-state index contributed by atoms with van der Waals surface area (Å²) < 4.78 is 9.87. The van der Waals surface area contributed by atoms with E-state index in [2.05, 4.69) is 15.4 Å². The third-order valence-electron chi connectivity index (χ3n) is 4.43. The summed E-state index contributed by atoms with van der Waals surface area (Å²) in [7, 11) is 1.16. The molecule has 0 saturated heterocycles. The van der Waals surface area contributed by atoms with Gasteiger partial charge in [-0.05, 0) is 31.9 Å². The van der Waals surface area contributed by atoms with Crippen LogP contribution in [0.25, 0.3) is 0 Å². The van der Waals surface area contributed by atoms with E-state index >= 15 is 0 Å². The maximum Gasteiger partial charge on any atom is 0.338 e. The second-order valence-corrected chi connectivity index (χ2v) is 6.49. The fourth-order valence-corrected chi connectivity index (χ4v) is 2.93. The van der Waals surface area contributed by atoms with Gasteiger partial charge >= 0.3 is 17.7 Å². The largest absolute Gasteiger partial charge is 0.474 e. The van der Waals surface area contributed by atoms with E-state index in [4.69, 9.17) is 4.74 Å². The maximum atomic E-state index is 12.2. The number of nitrogens with zero attached hydrogens (tertiary/aromatic N) is 1. The van der Waals surface area contributed by atoms with Crippen LogP contribution in [0.1, 0.15) is 49.4 Å². The lowest BCUT2D eigenvalue weighted by Gasteiger charge is -2.23. The molecule has 0 unspecified atom stereocenters. The van der Waals surface area contributed by atoms with Gasteiger partial charge in [0.1, 0.15) is 0 Å². The van der Waals surface area contributed by atoms with Crippen LogP contribution >= 0.6 is 0 Å². The number of nitro groups is 1. The highest BCUT2D eigenvalue weighted by Gasteiger charge is 2.25. The first-order chi connectivity index (χ1) is 13.3. The Labute approximate surface area is 161 Å². The van der Waals surface area contributed by atoms with Crippen molar-refractivity contribution in [2.24, 2.45) is 0 Å². The molecule has 0 spiro atoms. The highest BCUT2D eigenvalue weighted by molar-refractivity contribution is 5.96. The summed E-state index contributed by atoms with van der Waals surface area (Å²) in [5.41, 5.74) is -0.514. The van der Waals surface area contributed by atoms with Gasteiger partial charge < -0.3 is 14.8 Å². The zero-order chi connectivity index (χ0) is 20.7. The molecule has 1 aliphatic carbocycles. The second-order valence-electron chi connectivity index (χ2n) is 6.49. The van der Waals surface area contributed by atoms with E-state index in [-0.39, 0.29) is 17.4 Å². The zero-order valence-corrected chi connectivity index (χ0v) is 15.7. The quantitative estimate of drug-likeness (QED) is 0.430. The molecule has 2 N–H and O–H groups in total. The summed E-state index contributed by atoms with van der Waals surface area (Å²) in [5.74, 6) is -1.67. The lowest BCUT2D eigenvalue weighted by atomic mass is 9.96. The Morgan fingerprint density at radius 2 is 1.89 bits per heavy atom. The van der Waals surface area contributed by atoms with Gasteiger partial charge in [-0.1, -0.05) is 19.3 Å². The van der Waals surface area contributed by atoms with Crippen molar-refractivity contribution >= 4 is 23.6 Å². The van der Waals surface area contributed by atoms with Crippen LogP contribution in [0, 0.1) is 10.1 Å². The number of hydrogen-bond donors (Lipinski definition) is 2. The number of amides is 3. The van der Waals surface area contributed by atoms with E-state index in [1.54, 1.807) is 0 Å². The number of carbonyl (C=O) groups is 3. The van der Waals surface area contributed by atoms with E-state index in [0.29, 0.717) is 0 Å². The first kappa shape index (κ1) is 21.1. The second kappa shape index (κ2) is 9.67. The first-order valence-electron chi connectivity index (χ1n) is 8.96. The Kier molecular flexibility index (Phi) is 7.30. The molecular weight excluding hydrogens is 370 g/mol. The molecule has 1 fully saturated rings. The molecule has 152 valence electrons. The molecule has 1 aromatic carbocycles. The summed E-state index contributed by atoms with van der Waals surface area (Å²) >= 11 is 0. The monoisotopic (exact) mass is 393 g/mol. The Morgan fingerprint density at radius 3 is 2.50 bits per heavy atom. The number of hydrogen-bond acceptors (Lipinski definition) is 7. The van der Waals surface area contributed by atoms with Crippen molar-refractivity contribution in [1.29, 1.82) is 0 Å². The molecule has 3 amide bonds. The van der Waals surface area contributed by atoms with Crippen molar-refractivity contribution in [2.45, 2.75) is 51.2 Å². The van der Waals surface area contributed by atoms with Crippen LogP contribution in [0.15, 0.2) is 18.2 Å². The Hall–Kier alpha value is -3.17. The van der Waals surface area contributed by atoms with E-state index in [0.717, 1.165) is 45.3 Å². The average molecular weight is 393 g/mol. The SMILES string of the molecule is COC(=O)c1ccc(O[C@H](C)C(=O)NC(=O)NC2CCCCC2)c([N+](=O)[O-])c1. The number of benzene rings is 1. The molecule has 0 heterocycles. The molecule has 1 atom stereocenters. The molecule has 28 heavy (non-hydrogen) atoms. The summed E-state index contributed by atoms with van der Waals surface area (Å²) in [4.78, 5) is 46.1. The van der Waals surface area contributed by atoms with Crippen molar-refractivity contribution in [2.75, 3.05) is 7.11 Å². The molecular formula is C18H23N3O7. The van der Waals surface area contributed by atoms with Gasteiger partial charge in [0, 0.05) is 12.1 Å². The number of imide groups is 1. The number of urea groups is 1. The average Bonchev–Trinajstić information content (AvgIpc) is 2.68. The Bertz CT molecular complexity index is 760. The summed E-state index contributed by atoms with van der Waals surface area (Å²) in [6.45, 7) is 1.36. The van der Waals surface area contributed by atoms with Gasteiger partial charge in [0.2, 0.25) is 0 Å². The summed E-state index contributed by atoms with van der Waals surface area (Å²) in [5, 5.41) is 16.2. The predicted molar refractivity (Wildman–Crippen MR) is 98.1 cm³/mol. The van der Waals surface area contributed by atoms with Crippen LogP contribution in [0.4, 0.5) is 10.5 Å². The molecule has 10 heteroatoms. The van der Waals surface area contributed by atoms with Gasteiger partial charge in [0.05, 0.1) is 17.6 Å². The van der Waals surface area contributed by atoms with Crippen LogP contribution in [0.3, 0.4) is 0 Å². The molecule has 1 aromatic rings. The molecule has 0 bridgehead atoms. The van der Waals surface area contributed by atoms with Crippen molar-refractivity contribution in [3.63, 3.8) is 0 Å². The normalized spacial score (nSPS) is 15.2. The minimum absolute atomic E-state index is 0.0227. The zero-order valence-electron chi connectivity index (χ0n) is 15.7. The Balaban J connectivity index is 1.99. The molecule has 0 aliphatic heterocycles. The Morgan fingerprint density at radius 1 is 1.21 bits per heavy atom. The predicted octanol–water partition coefficient (Wildman–Crippen LogP) is 2.31. The standard InChI is InChI=1S/C18H23N3O7/c1-11(16(22)20-18(24)19-13-6-4-3-5-7-13)28-15-9-8-12(17(23)27-2)10-14(15)21(25)26/h8-11,13H,3-7H2,1-2H3,(H2,19,20,22,24)/t11-/m1/s1. The van der Waals surface area contributed by atoms with E-state index in [1.165, 1.54) is 19.1 Å². The summed E-state index contributed by atoms with van der Waals surface area (Å²) in [6.07, 6.45) is 3.77. The van der Waals surface area contributed by atoms with Gasteiger partial charge in [-0.25, -0.2) is 9.59 Å². The van der Waals surface area contributed by atoms with Crippen molar-refractivity contribution < 1.29 is 28.8 Å². The fourth-order valence-electron chi connectivity index (χ4n) is 2.93. The van der Waals surface area contributed by atoms with Gasteiger partial charge in [-0.2, -0.15) is 0 Å². The number of carbonyl (C=O) groups excluding carboxylic acids is 3. The summed E-state index contributed by atoms with van der Waals surface area (Å²) in [6, 6.07) is 2.90. The van der Waals surface area contributed by atoms with E-state index in [9.17, 15) is 24.5 Å². The molecule has 2 rings (SSSR count). The smallest absolute Gasteiger partial charge is 0.338 e. The van der Waals surface area contributed by atoms with Crippen molar-refractivity contribution in [3.8, 4) is 5.75 Å². The molecule has 0 radical (unpaired) electrons. The molecule has 10 nitrogen and oxygen atoms in total. The van der Waals surface area contributed by atoms with Crippen LogP contribution in [0.5, 0.6) is 5.75 Å². The number of ether oxygens (including phenoxy) is 2. The van der Waals surface area contributed by atoms with E-state index < -0.39 is 34.6 Å². The van der Waals surface area contributed by atoms with Gasteiger partial charge in [-0.15, -0.1) is 0 Å². The van der Waals surface area contributed by atoms with Crippen LogP contribution in [-0.2, 0) is 9.53 Å². The minimum atomic E-state index is -1.17. The third kappa shape index (κ3) is 5.66. The molecule has 0 aromatic heterocycles. The topological polar surface area (TPSA) is 137 Å². The number of nitro benzene ring substituents is 1. The van der Waals surface area contributed by atoms with Crippen LogP contribution in [0.2, 0.25) is 0 Å². The highest BCUT2D eigenvalue weighted by Crippen LogP contribution is 2.29. The molecule has 1 aliphatic rings. The third-order valence-corrected chi connectivity index (χ3v) is 4.43. The lowest BCUT2D eigenvalue weighted by Crippen LogP contribution is -2.48.